The second kappa shape index (κ2) is 9.75. The quantitative estimate of drug-likeness (QED) is 0.288. The lowest BCUT2D eigenvalue weighted by molar-refractivity contribution is 0.0728. The fraction of sp³-hybridized carbons (Fsp3) is 0.0952. The lowest BCUT2D eigenvalue weighted by Crippen LogP contribution is -2.19. The Hall–Kier alpha value is -4.07. The van der Waals surface area contributed by atoms with Gasteiger partial charge in [-0.05, 0) is 42.8 Å². The molecule has 8 nitrogen and oxygen atoms in total. The van der Waals surface area contributed by atoms with Crippen LogP contribution in [-0.4, -0.2) is 34.7 Å². The van der Waals surface area contributed by atoms with E-state index in [0.29, 0.717) is 29.2 Å². The molecule has 1 N–H and O–H groups in total. The van der Waals surface area contributed by atoms with Gasteiger partial charge in [-0.1, -0.05) is 18.2 Å². The molecular formula is C21H18N4O4. The van der Waals surface area contributed by atoms with Gasteiger partial charge in [0, 0.05) is 12.4 Å². The van der Waals surface area contributed by atoms with E-state index in [1.807, 2.05) is 13.0 Å². The molecule has 1 heterocycles. The van der Waals surface area contributed by atoms with Crippen LogP contribution in [0.4, 0.5) is 0 Å². The first-order valence-corrected chi connectivity index (χ1v) is 8.81. The summed E-state index contributed by atoms with van der Waals surface area (Å²) < 4.78 is 11.0. The van der Waals surface area contributed by atoms with Crippen LogP contribution in [0.25, 0.3) is 0 Å². The number of ether oxygens (including phenoxy) is 2. The Bertz CT molecular complexity index is 1010. The molecule has 0 spiro atoms. The summed E-state index contributed by atoms with van der Waals surface area (Å²) in [5.74, 6) is -0.278. The van der Waals surface area contributed by atoms with Crippen molar-refractivity contribution in [2.45, 2.75) is 6.92 Å². The summed E-state index contributed by atoms with van der Waals surface area (Å²) in [4.78, 5) is 31.9. The van der Waals surface area contributed by atoms with Crippen LogP contribution in [0.2, 0.25) is 0 Å². The molecule has 2 aromatic carbocycles. The van der Waals surface area contributed by atoms with Crippen molar-refractivity contribution in [2.24, 2.45) is 5.10 Å². The fourth-order valence-corrected chi connectivity index (χ4v) is 2.33. The third-order valence-electron chi connectivity index (χ3n) is 3.66. The van der Waals surface area contributed by atoms with Gasteiger partial charge in [-0.15, -0.1) is 0 Å². The predicted molar refractivity (Wildman–Crippen MR) is 106 cm³/mol. The third-order valence-corrected chi connectivity index (χ3v) is 3.66. The maximum absolute atomic E-state index is 12.3. The monoisotopic (exact) mass is 390 g/mol. The molecule has 0 radical (unpaired) electrons. The van der Waals surface area contributed by atoms with Gasteiger partial charge in [-0.3, -0.25) is 9.78 Å². The SMILES string of the molecule is CCOc1cc(/C=N/NC(=O)c2cnccn2)ccc1OC(=O)c1ccccc1. The minimum Gasteiger partial charge on any atom is -0.490 e. The number of hydrogen-bond donors (Lipinski definition) is 1. The number of amides is 1. The van der Waals surface area contributed by atoms with Gasteiger partial charge in [0.15, 0.2) is 11.5 Å². The summed E-state index contributed by atoms with van der Waals surface area (Å²) in [5.41, 5.74) is 3.61. The van der Waals surface area contributed by atoms with Crippen LogP contribution in [-0.2, 0) is 0 Å². The Morgan fingerprint density at radius 2 is 1.93 bits per heavy atom. The minimum atomic E-state index is -0.482. The Balaban J connectivity index is 1.70. The second-order valence-electron chi connectivity index (χ2n) is 5.68. The molecule has 0 unspecified atom stereocenters. The van der Waals surface area contributed by atoms with Crippen molar-refractivity contribution in [3.63, 3.8) is 0 Å². The summed E-state index contributed by atoms with van der Waals surface area (Å²) in [6.45, 7) is 2.21. The molecule has 0 fully saturated rings. The zero-order chi connectivity index (χ0) is 20.5. The molecule has 1 aromatic heterocycles. The summed E-state index contributed by atoms with van der Waals surface area (Å²) in [6.07, 6.45) is 5.68. The average molecular weight is 390 g/mol. The van der Waals surface area contributed by atoms with E-state index >= 15 is 0 Å². The summed E-state index contributed by atoms with van der Waals surface area (Å²) in [6, 6.07) is 13.6. The highest BCUT2D eigenvalue weighted by molar-refractivity contribution is 5.93. The van der Waals surface area contributed by atoms with E-state index < -0.39 is 11.9 Å². The van der Waals surface area contributed by atoms with E-state index in [2.05, 4.69) is 20.5 Å². The zero-order valence-corrected chi connectivity index (χ0v) is 15.6. The third kappa shape index (κ3) is 5.46. The van der Waals surface area contributed by atoms with Crippen LogP contribution in [0.3, 0.4) is 0 Å². The van der Waals surface area contributed by atoms with Crippen LogP contribution in [0.5, 0.6) is 11.5 Å². The maximum atomic E-state index is 12.3. The first-order valence-electron chi connectivity index (χ1n) is 8.81. The van der Waals surface area contributed by atoms with Crippen molar-refractivity contribution >= 4 is 18.1 Å². The van der Waals surface area contributed by atoms with Gasteiger partial charge >= 0.3 is 5.97 Å². The first kappa shape index (κ1) is 19.7. The molecule has 0 saturated heterocycles. The fourth-order valence-electron chi connectivity index (χ4n) is 2.33. The van der Waals surface area contributed by atoms with Crippen molar-refractivity contribution < 1.29 is 19.1 Å². The number of hydrazone groups is 1. The Labute approximate surface area is 167 Å². The van der Waals surface area contributed by atoms with Crippen LogP contribution < -0.4 is 14.9 Å². The molecule has 1 amide bonds. The Morgan fingerprint density at radius 3 is 2.66 bits per heavy atom. The van der Waals surface area contributed by atoms with Crippen LogP contribution in [0.1, 0.15) is 33.3 Å². The molecule has 3 rings (SSSR count). The van der Waals surface area contributed by atoms with Crippen molar-refractivity contribution in [3.8, 4) is 11.5 Å². The predicted octanol–water partition coefficient (Wildman–Crippen LogP) is 2.86. The van der Waals surface area contributed by atoms with Gasteiger partial charge in [0.05, 0.1) is 24.6 Å². The number of carbonyl (C=O) groups excluding carboxylic acids is 2. The number of carbonyl (C=O) groups is 2. The molecule has 0 aliphatic heterocycles. The molecule has 0 bridgehead atoms. The standard InChI is InChI=1S/C21H18N4O4/c1-2-28-19-12-15(13-24-25-20(26)17-14-22-10-11-23-17)8-9-18(19)29-21(27)16-6-4-3-5-7-16/h3-14H,2H2,1H3,(H,25,26)/b24-13+. The molecule has 0 atom stereocenters. The largest absolute Gasteiger partial charge is 0.490 e. The van der Waals surface area contributed by atoms with Gasteiger partial charge in [-0.25, -0.2) is 15.2 Å². The molecule has 0 aliphatic rings. The summed E-state index contributed by atoms with van der Waals surface area (Å²) in [7, 11) is 0. The Kier molecular flexibility index (Phi) is 6.62. The highest BCUT2D eigenvalue weighted by Gasteiger charge is 2.13. The highest BCUT2D eigenvalue weighted by Crippen LogP contribution is 2.28. The number of benzene rings is 2. The molecule has 8 heteroatoms. The van der Waals surface area contributed by atoms with Crippen molar-refractivity contribution in [1.29, 1.82) is 0 Å². The summed E-state index contributed by atoms with van der Waals surface area (Å²) >= 11 is 0. The maximum Gasteiger partial charge on any atom is 0.343 e. The van der Waals surface area contributed by atoms with Crippen molar-refractivity contribution in [3.05, 3.63) is 83.9 Å². The average Bonchev–Trinajstić information content (AvgIpc) is 2.76. The number of nitrogens with zero attached hydrogens (tertiary/aromatic N) is 3. The number of hydrogen-bond acceptors (Lipinski definition) is 7. The molecule has 0 aliphatic carbocycles. The van der Waals surface area contributed by atoms with Crippen molar-refractivity contribution in [1.82, 2.24) is 15.4 Å². The molecule has 29 heavy (non-hydrogen) atoms. The highest BCUT2D eigenvalue weighted by atomic mass is 16.6. The lowest BCUT2D eigenvalue weighted by Gasteiger charge is -2.11. The van der Waals surface area contributed by atoms with Crippen LogP contribution in [0, 0.1) is 0 Å². The van der Waals surface area contributed by atoms with Gasteiger partial charge in [0.1, 0.15) is 5.69 Å². The van der Waals surface area contributed by atoms with Gasteiger partial charge in [0.25, 0.3) is 5.91 Å². The van der Waals surface area contributed by atoms with Crippen molar-refractivity contribution in [2.75, 3.05) is 6.61 Å². The van der Waals surface area contributed by atoms with E-state index in [1.165, 1.54) is 24.8 Å². The number of aromatic nitrogens is 2. The topological polar surface area (TPSA) is 103 Å². The van der Waals surface area contributed by atoms with E-state index in [4.69, 9.17) is 9.47 Å². The minimum absolute atomic E-state index is 0.155. The van der Waals surface area contributed by atoms with Gasteiger partial charge in [0.2, 0.25) is 0 Å². The molecule has 3 aromatic rings. The zero-order valence-electron chi connectivity index (χ0n) is 15.6. The van der Waals surface area contributed by atoms with Gasteiger partial charge in [-0.2, -0.15) is 5.10 Å². The Morgan fingerprint density at radius 1 is 1.10 bits per heavy atom. The van der Waals surface area contributed by atoms with Crippen LogP contribution >= 0.6 is 0 Å². The summed E-state index contributed by atoms with van der Waals surface area (Å²) in [5, 5.41) is 3.90. The normalized spacial score (nSPS) is 10.5. The molecule has 146 valence electrons. The molecular weight excluding hydrogens is 372 g/mol. The lowest BCUT2D eigenvalue weighted by atomic mass is 10.2. The number of nitrogens with one attached hydrogen (secondary N) is 1. The first-order chi connectivity index (χ1) is 14.2. The van der Waals surface area contributed by atoms with Crippen LogP contribution in [0.15, 0.2) is 72.2 Å². The second-order valence-corrected chi connectivity index (χ2v) is 5.68. The van der Waals surface area contributed by atoms with E-state index in [1.54, 1.807) is 42.5 Å². The molecule has 0 saturated carbocycles. The van der Waals surface area contributed by atoms with E-state index in [9.17, 15) is 9.59 Å². The van der Waals surface area contributed by atoms with Gasteiger partial charge < -0.3 is 9.47 Å². The number of esters is 1. The number of rotatable bonds is 7. The van der Waals surface area contributed by atoms with E-state index in [0.717, 1.165) is 0 Å². The van der Waals surface area contributed by atoms with E-state index in [-0.39, 0.29) is 5.69 Å². The smallest absolute Gasteiger partial charge is 0.343 e.